The highest BCUT2D eigenvalue weighted by molar-refractivity contribution is 7.89. The van der Waals surface area contributed by atoms with Gasteiger partial charge in [-0.25, -0.2) is 12.8 Å². The summed E-state index contributed by atoms with van der Waals surface area (Å²) in [5.74, 6) is -0.0209. The predicted octanol–water partition coefficient (Wildman–Crippen LogP) is 3.70. The molecule has 3 nitrogen and oxygen atoms in total. The van der Waals surface area contributed by atoms with Gasteiger partial charge >= 0.3 is 0 Å². The van der Waals surface area contributed by atoms with E-state index in [1.54, 1.807) is 24.3 Å². The molecule has 0 atom stereocenters. The minimum absolute atomic E-state index is 0.218. The van der Waals surface area contributed by atoms with Crippen molar-refractivity contribution in [2.45, 2.75) is 30.6 Å². The van der Waals surface area contributed by atoms with E-state index in [2.05, 4.69) is 0 Å². The Hall–Kier alpha value is -1.72. The first-order valence-corrected chi connectivity index (χ1v) is 9.23. The van der Waals surface area contributed by atoms with Crippen molar-refractivity contribution in [3.05, 3.63) is 65.5 Å². The minimum Gasteiger partial charge on any atom is -0.207 e. The van der Waals surface area contributed by atoms with Crippen molar-refractivity contribution in [2.24, 2.45) is 0 Å². The normalized spacial score (nSPS) is 17.3. The van der Waals surface area contributed by atoms with E-state index < -0.39 is 10.0 Å². The molecule has 3 rings (SSSR count). The van der Waals surface area contributed by atoms with Gasteiger partial charge in [-0.2, -0.15) is 4.31 Å². The predicted molar refractivity (Wildman–Crippen MR) is 88.3 cm³/mol. The van der Waals surface area contributed by atoms with E-state index >= 15 is 0 Å². The van der Waals surface area contributed by atoms with Crippen LogP contribution in [0.4, 0.5) is 4.39 Å². The second-order valence-corrected chi connectivity index (χ2v) is 7.98. The zero-order valence-corrected chi connectivity index (χ0v) is 13.9. The molecule has 0 aliphatic carbocycles. The number of sulfonamides is 1. The lowest BCUT2D eigenvalue weighted by atomic mass is 9.90. The second kappa shape index (κ2) is 6.42. The van der Waals surface area contributed by atoms with Crippen LogP contribution >= 0.6 is 0 Å². The van der Waals surface area contributed by atoms with Gasteiger partial charge in [0, 0.05) is 13.1 Å². The van der Waals surface area contributed by atoms with E-state index in [0.29, 0.717) is 30.8 Å². The molecule has 1 heterocycles. The van der Waals surface area contributed by atoms with Crippen LogP contribution in [0.5, 0.6) is 0 Å². The zero-order valence-electron chi connectivity index (χ0n) is 13.1. The first kappa shape index (κ1) is 16.1. The third-order valence-electron chi connectivity index (χ3n) is 4.43. The second-order valence-electron chi connectivity index (χ2n) is 6.05. The standard InChI is InChI=1S/C18H20FNO2S/c1-14-5-7-18(8-6-14)23(21,22)20-11-9-15(10-12-20)16-3-2-4-17(19)13-16/h2-8,13,15H,9-12H2,1H3. The Morgan fingerprint density at radius 2 is 1.70 bits per heavy atom. The van der Waals surface area contributed by atoms with Gasteiger partial charge in [0.05, 0.1) is 4.90 Å². The fraction of sp³-hybridized carbons (Fsp3) is 0.333. The quantitative estimate of drug-likeness (QED) is 0.859. The van der Waals surface area contributed by atoms with Crippen LogP contribution in [0.15, 0.2) is 53.4 Å². The summed E-state index contributed by atoms with van der Waals surface area (Å²) in [4.78, 5) is 0.340. The number of aryl methyl sites for hydroxylation is 1. The van der Waals surface area contributed by atoms with Crippen molar-refractivity contribution >= 4 is 10.0 Å². The van der Waals surface area contributed by atoms with E-state index in [-0.39, 0.29) is 11.7 Å². The molecular weight excluding hydrogens is 313 g/mol. The van der Waals surface area contributed by atoms with E-state index in [1.165, 1.54) is 10.4 Å². The molecule has 0 saturated carbocycles. The molecule has 23 heavy (non-hydrogen) atoms. The summed E-state index contributed by atoms with van der Waals surface area (Å²) in [5, 5.41) is 0. The maximum absolute atomic E-state index is 13.3. The molecule has 0 bridgehead atoms. The SMILES string of the molecule is Cc1ccc(S(=O)(=O)N2CCC(c3cccc(F)c3)CC2)cc1. The Morgan fingerprint density at radius 1 is 1.04 bits per heavy atom. The van der Waals surface area contributed by atoms with Crippen molar-refractivity contribution in [3.63, 3.8) is 0 Å². The number of benzene rings is 2. The average Bonchev–Trinajstić information content (AvgIpc) is 2.55. The first-order chi connectivity index (χ1) is 11.0. The molecule has 0 aromatic heterocycles. The molecular formula is C18H20FNO2S. The van der Waals surface area contributed by atoms with E-state index in [1.807, 2.05) is 25.1 Å². The third kappa shape index (κ3) is 3.46. The van der Waals surface area contributed by atoms with Gasteiger partial charge in [0.25, 0.3) is 0 Å². The van der Waals surface area contributed by atoms with E-state index in [0.717, 1.165) is 11.1 Å². The zero-order chi connectivity index (χ0) is 16.4. The highest BCUT2D eigenvalue weighted by atomic mass is 32.2. The number of hydrogen-bond donors (Lipinski definition) is 0. The van der Waals surface area contributed by atoms with Crippen molar-refractivity contribution in [1.29, 1.82) is 0 Å². The molecule has 0 unspecified atom stereocenters. The number of hydrogen-bond acceptors (Lipinski definition) is 2. The van der Waals surface area contributed by atoms with Gasteiger partial charge in [0.2, 0.25) is 10.0 Å². The van der Waals surface area contributed by atoms with Crippen LogP contribution in [-0.2, 0) is 10.0 Å². The van der Waals surface area contributed by atoms with Crippen molar-refractivity contribution in [3.8, 4) is 0 Å². The Morgan fingerprint density at radius 3 is 2.30 bits per heavy atom. The highest BCUT2D eigenvalue weighted by Crippen LogP contribution is 2.31. The molecule has 5 heteroatoms. The summed E-state index contributed by atoms with van der Waals surface area (Å²) in [5.41, 5.74) is 1.99. The largest absolute Gasteiger partial charge is 0.243 e. The molecule has 0 N–H and O–H groups in total. The van der Waals surface area contributed by atoms with Crippen molar-refractivity contribution < 1.29 is 12.8 Å². The summed E-state index contributed by atoms with van der Waals surface area (Å²) in [6.07, 6.45) is 1.43. The lowest BCUT2D eigenvalue weighted by Gasteiger charge is -2.31. The van der Waals surface area contributed by atoms with Crippen LogP contribution < -0.4 is 0 Å². The number of rotatable bonds is 3. The Bertz CT molecular complexity index is 779. The molecule has 2 aromatic carbocycles. The summed E-state index contributed by atoms with van der Waals surface area (Å²) in [6.45, 7) is 2.87. The van der Waals surface area contributed by atoms with Crippen molar-refractivity contribution in [2.75, 3.05) is 13.1 Å². The number of halogens is 1. The first-order valence-electron chi connectivity index (χ1n) is 7.79. The van der Waals surface area contributed by atoms with Gasteiger partial charge in [-0.3, -0.25) is 0 Å². The smallest absolute Gasteiger partial charge is 0.207 e. The molecule has 1 saturated heterocycles. The van der Waals surface area contributed by atoms with Gasteiger partial charge in [-0.1, -0.05) is 29.8 Å². The maximum atomic E-state index is 13.3. The minimum atomic E-state index is -3.43. The van der Waals surface area contributed by atoms with Crippen LogP contribution in [0.2, 0.25) is 0 Å². The summed E-state index contributed by atoms with van der Waals surface area (Å²) in [6, 6.07) is 13.5. The lowest BCUT2D eigenvalue weighted by molar-refractivity contribution is 0.319. The molecule has 2 aromatic rings. The molecule has 1 aliphatic heterocycles. The highest BCUT2D eigenvalue weighted by Gasteiger charge is 2.29. The Labute approximate surface area is 136 Å². The Balaban J connectivity index is 1.72. The van der Waals surface area contributed by atoms with Crippen molar-refractivity contribution in [1.82, 2.24) is 4.31 Å². The van der Waals surface area contributed by atoms with Crippen LogP contribution in [-0.4, -0.2) is 25.8 Å². The molecule has 1 fully saturated rings. The molecule has 1 aliphatic rings. The maximum Gasteiger partial charge on any atom is 0.243 e. The lowest BCUT2D eigenvalue weighted by Crippen LogP contribution is -2.37. The summed E-state index contributed by atoms with van der Waals surface area (Å²) in [7, 11) is -3.43. The Kier molecular flexibility index (Phi) is 4.50. The monoisotopic (exact) mass is 333 g/mol. The molecule has 0 amide bonds. The number of nitrogens with zero attached hydrogens (tertiary/aromatic N) is 1. The average molecular weight is 333 g/mol. The molecule has 0 spiro atoms. The van der Waals surface area contributed by atoms with Crippen LogP contribution in [0.1, 0.15) is 29.9 Å². The van der Waals surface area contributed by atoms with E-state index in [4.69, 9.17) is 0 Å². The third-order valence-corrected chi connectivity index (χ3v) is 6.35. The van der Waals surface area contributed by atoms with Gasteiger partial charge in [-0.05, 0) is 55.5 Å². The topological polar surface area (TPSA) is 37.4 Å². The van der Waals surface area contributed by atoms with Crippen LogP contribution in [0.25, 0.3) is 0 Å². The van der Waals surface area contributed by atoms with Gasteiger partial charge in [-0.15, -0.1) is 0 Å². The summed E-state index contributed by atoms with van der Waals surface area (Å²) >= 11 is 0. The molecule has 122 valence electrons. The fourth-order valence-corrected chi connectivity index (χ4v) is 4.52. The van der Waals surface area contributed by atoms with Gasteiger partial charge in [0.15, 0.2) is 0 Å². The fourth-order valence-electron chi connectivity index (χ4n) is 3.05. The number of piperidine rings is 1. The van der Waals surface area contributed by atoms with Gasteiger partial charge in [0.1, 0.15) is 5.82 Å². The van der Waals surface area contributed by atoms with Crippen LogP contribution in [0, 0.1) is 12.7 Å². The van der Waals surface area contributed by atoms with Crippen LogP contribution in [0.3, 0.4) is 0 Å². The molecule has 0 radical (unpaired) electrons. The summed E-state index contributed by atoms with van der Waals surface area (Å²) < 4.78 is 40.2. The van der Waals surface area contributed by atoms with E-state index in [9.17, 15) is 12.8 Å². The van der Waals surface area contributed by atoms with Gasteiger partial charge < -0.3 is 0 Å².